The molecular formula is C7H7F3N2S2. The predicted molar refractivity (Wildman–Crippen MR) is 54.8 cm³/mol. The van der Waals surface area contributed by atoms with Crippen molar-refractivity contribution in [1.29, 1.82) is 0 Å². The summed E-state index contributed by atoms with van der Waals surface area (Å²) in [6.45, 7) is 0. The SMILES string of the molecule is Nc1cc(S)c(N)c(C(F)(F)F)c1S. The molecule has 78 valence electrons. The highest BCUT2D eigenvalue weighted by molar-refractivity contribution is 7.81. The van der Waals surface area contributed by atoms with Gasteiger partial charge >= 0.3 is 6.18 Å². The lowest BCUT2D eigenvalue weighted by atomic mass is 10.1. The van der Waals surface area contributed by atoms with Crippen LogP contribution in [0.15, 0.2) is 15.9 Å². The Balaban J connectivity index is 3.56. The molecule has 0 spiro atoms. The van der Waals surface area contributed by atoms with Gasteiger partial charge in [-0.05, 0) is 6.07 Å². The van der Waals surface area contributed by atoms with Crippen molar-refractivity contribution < 1.29 is 13.2 Å². The second-order valence-electron chi connectivity index (χ2n) is 2.62. The minimum absolute atomic E-state index is 0.00683. The smallest absolute Gasteiger partial charge is 0.398 e. The summed E-state index contributed by atoms with van der Waals surface area (Å²) in [6.07, 6.45) is -4.58. The number of nitrogens with two attached hydrogens (primary N) is 2. The number of halogens is 3. The van der Waals surface area contributed by atoms with Crippen molar-refractivity contribution in [3.05, 3.63) is 11.6 Å². The maximum Gasteiger partial charge on any atom is 0.419 e. The molecule has 2 nitrogen and oxygen atoms in total. The molecule has 0 heterocycles. The molecule has 0 saturated carbocycles. The molecule has 0 fully saturated rings. The van der Waals surface area contributed by atoms with E-state index < -0.39 is 17.4 Å². The maximum absolute atomic E-state index is 12.5. The van der Waals surface area contributed by atoms with Gasteiger partial charge in [-0.1, -0.05) is 0 Å². The molecule has 0 saturated heterocycles. The van der Waals surface area contributed by atoms with Gasteiger partial charge in [0.15, 0.2) is 0 Å². The Morgan fingerprint density at radius 3 is 2.07 bits per heavy atom. The molecule has 1 rings (SSSR count). The summed E-state index contributed by atoms with van der Waals surface area (Å²) >= 11 is 7.44. The van der Waals surface area contributed by atoms with Crippen LogP contribution in [0.25, 0.3) is 0 Å². The van der Waals surface area contributed by atoms with E-state index in [2.05, 4.69) is 25.3 Å². The zero-order valence-corrected chi connectivity index (χ0v) is 8.55. The standard InChI is InChI=1S/C7H7F3N2S2/c8-7(9,10)4-5(12)3(13)1-2(11)6(4)14/h1,13-14H,11-12H2. The van der Waals surface area contributed by atoms with Gasteiger partial charge in [-0.3, -0.25) is 0 Å². The van der Waals surface area contributed by atoms with E-state index in [9.17, 15) is 13.2 Å². The molecule has 7 heteroatoms. The summed E-state index contributed by atoms with van der Waals surface area (Å²) in [5.41, 5.74) is 8.95. The minimum Gasteiger partial charge on any atom is -0.398 e. The Labute approximate surface area is 89.3 Å². The van der Waals surface area contributed by atoms with Crippen LogP contribution in [0.3, 0.4) is 0 Å². The highest BCUT2D eigenvalue weighted by Gasteiger charge is 2.36. The summed E-state index contributed by atoms with van der Waals surface area (Å²) in [5.74, 6) is 0. The first kappa shape index (κ1) is 11.4. The average molecular weight is 240 g/mol. The van der Waals surface area contributed by atoms with E-state index in [4.69, 9.17) is 11.5 Å². The summed E-state index contributed by atoms with van der Waals surface area (Å²) < 4.78 is 37.4. The molecule has 0 aliphatic rings. The molecule has 0 unspecified atom stereocenters. The van der Waals surface area contributed by atoms with E-state index >= 15 is 0 Å². The average Bonchev–Trinajstić information content (AvgIpc) is 1.98. The molecule has 1 aromatic carbocycles. The number of hydrogen-bond donors (Lipinski definition) is 4. The van der Waals surface area contributed by atoms with Crippen LogP contribution in [-0.2, 0) is 6.18 Å². The monoisotopic (exact) mass is 240 g/mol. The zero-order chi connectivity index (χ0) is 11.1. The summed E-state index contributed by atoms with van der Waals surface area (Å²) in [4.78, 5) is -0.375. The molecule has 0 aromatic heterocycles. The Kier molecular flexibility index (Phi) is 2.82. The van der Waals surface area contributed by atoms with Gasteiger partial charge < -0.3 is 11.5 Å². The van der Waals surface area contributed by atoms with E-state index in [0.29, 0.717) is 0 Å². The Bertz CT molecular complexity index is 350. The topological polar surface area (TPSA) is 52.0 Å². The molecule has 0 amide bonds. The van der Waals surface area contributed by atoms with Crippen LogP contribution in [-0.4, -0.2) is 0 Å². The van der Waals surface area contributed by atoms with Crippen LogP contribution < -0.4 is 11.5 Å². The van der Waals surface area contributed by atoms with E-state index in [1.807, 2.05) is 0 Å². The number of nitrogen functional groups attached to an aromatic ring is 2. The Morgan fingerprint density at radius 1 is 1.14 bits per heavy atom. The van der Waals surface area contributed by atoms with Crippen molar-refractivity contribution >= 4 is 36.6 Å². The van der Waals surface area contributed by atoms with Crippen LogP contribution in [0.4, 0.5) is 24.5 Å². The summed E-state index contributed by atoms with van der Waals surface area (Å²) in [7, 11) is 0. The van der Waals surface area contributed by atoms with Crippen LogP contribution in [0.5, 0.6) is 0 Å². The van der Waals surface area contributed by atoms with Crippen molar-refractivity contribution in [2.24, 2.45) is 0 Å². The number of anilines is 2. The molecule has 0 aliphatic heterocycles. The Hall–Kier alpha value is -0.690. The van der Waals surface area contributed by atoms with Gasteiger partial charge in [0, 0.05) is 15.5 Å². The second-order valence-corrected chi connectivity index (χ2v) is 3.55. The second kappa shape index (κ2) is 3.47. The molecule has 0 aliphatic carbocycles. The van der Waals surface area contributed by atoms with Gasteiger partial charge in [0.05, 0.1) is 11.3 Å². The first-order chi connectivity index (χ1) is 6.25. The molecule has 0 radical (unpaired) electrons. The van der Waals surface area contributed by atoms with Gasteiger partial charge in [0.2, 0.25) is 0 Å². The van der Waals surface area contributed by atoms with Gasteiger partial charge in [-0.2, -0.15) is 13.2 Å². The van der Waals surface area contributed by atoms with E-state index in [1.165, 1.54) is 6.07 Å². The van der Waals surface area contributed by atoms with Crippen molar-refractivity contribution in [2.75, 3.05) is 11.5 Å². The lowest BCUT2D eigenvalue weighted by Gasteiger charge is -2.15. The molecule has 0 atom stereocenters. The van der Waals surface area contributed by atoms with Crippen molar-refractivity contribution in [3.63, 3.8) is 0 Å². The largest absolute Gasteiger partial charge is 0.419 e. The van der Waals surface area contributed by atoms with Gasteiger partial charge in [-0.25, -0.2) is 0 Å². The number of hydrogen-bond acceptors (Lipinski definition) is 4. The lowest BCUT2D eigenvalue weighted by Crippen LogP contribution is -2.12. The third-order valence-electron chi connectivity index (χ3n) is 1.63. The highest BCUT2D eigenvalue weighted by atomic mass is 32.1. The minimum atomic E-state index is -4.58. The number of benzene rings is 1. The first-order valence-corrected chi connectivity index (χ1v) is 4.31. The predicted octanol–water partition coefficient (Wildman–Crippen LogP) is 2.45. The van der Waals surface area contributed by atoms with E-state index in [0.717, 1.165) is 0 Å². The van der Waals surface area contributed by atoms with Crippen LogP contribution in [0.2, 0.25) is 0 Å². The Morgan fingerprint density at radius 2 is 1.64 bits per heavy atom. The normalized spacial score (nSPS) is 11.8. The van der Waals surface area contributed by atoms with Crippen LogP contribution >= 0.6 is 25.3 Å². The fourth-order valence-electron chi connectivity index (χ4n) is 0.980. The van der Waals surface area contributed by atoms with Crippen LogP contribution in [0.1, 0.15) is 5.56 Å². The summed E-state index contributed by atoms with van der Waals surface area (Å²) in [5, 5.41) is 0. The van der Waals surface area contributed by atoms with Gasteiger partial charge in [0.25, 0.3) is 0 Å². The van der Waals surface area contributed by atoms with Gasteiger partial charge in [-0.15, -0.1) is 25.3 Å². The van der Waals surface area contributed by atoms with E-state index in [-0.39, 0.29) is 15.5 Å². The van der Waals surface area contributed by atoms with Crippen molar-refractivity contribution in [1.82, 2.24) is 0 Å². The molecule has 1 aromatic rings. The quantitative estimate of drug-likeness (QED) is 0.416. The third kappa shape index (κ3) is 1.88. The molecule has 4 N–H and O–H groups in total. The van der Waals surface area contributed by atoms with Crippen molar-refractivity contribution in [3.8, 4) is 0 Å². The van der Waals surface area contributed by atoms with Crippen molar-refractivity contribution in [2.45, 2.75) is 16.0 Å². The number of rotatable bonds is 0. The number of alkyl halides is 3. The highest BCUT2D eigenvalue weighted by Crippen LogP contribution is 2.42. The van der Waals surface area contributed by atoms with Gasteiger partial charge in [0.1, 0.15) is 0 Å². The fraction of sp³-hybridized carbons (Fsp3) is 0.143. The number of thiol groups is 2. The third-order valence-corrected chi connectivity index (χ3v) is 2.48. The molecular weight excluding hydrogens is 233 g/mol. The summed E-state index contributed by atoms with van der Waals surface area (Å²) in [6, 6.07) is 1.23. The molecule has 0 bridgehead atoms. The van der Waals surface area contributed by atoms with Crippen LogP contribution in [0, 0.1) is 0 Å². The van der Waals surface area contributed by atoms with E-state index in [1.54, 1.807) is 0 Å². The fourth-order valence-corrected chi connectivity index (χ4v) is 1.54. The lowest BCUT2D eigenvalue weighted by molar-refractivity contribution is -0.139. The first-order valence-electron chi connectivity index (χ1n) is 3.42. The maximum atomic E-state index is 12.5. The molecule has 14 heavy (non-hydrogen) atoms. The zero-order valence-electron chi connectivity index (χ0n) is 6.76.